The van der Waals surface area contributed by atoms with Crippen LogP contribution in [0.2, 0.25) is 0 Å². The van der Waals surface area contributed by atoms with Crippen molar-refractivity contribution < 1.29 is 14.3 Å². The van der Waals surface area contributed by atoms with E-state index in [1.165, 1.54) is 11.3 Å². The number of benzene rings is 1. The maximum atomic E-state index is 12.5. The van der Waals surface area contributed by atoms with Gasteiger partial charge in [0, 0.05) is 31.7 Å². The molecule has 0 atom stereocenters. The lowest BCUT2D eigenvalue weighted by Crippen LogP contribution is -2.50. The van der Waals surface area contributed by atoms with Gasteiger partial charge < -0.3 is 14.5 Å². The second kappa shape index (κ2) is 7.05. The summed E-state index contributed by atoms with van der Waals surface area (Å²) in [6.45, 7) is 4.20. The van der Waals surface area contributed by atoms with E-state index >= 15 is 0 Å². The van der Waals surface area contributed by atoms with Crippen LogP contribution in [0.5, 0.6) is 5.75 Å². The molecule has 0 radical (unpaired) electrons. The molecule has 0 unspecified atom stereocenters. The highest BCUT2D eigenvalue weighted by Crippen LogP contribution is 2.20. The van der Waals surface area contributed by atoms with E-state index in [0.29, 0.717) is 31.7 Å². The minimum atomic E-state index is -0.00273. The molecule has 0 aliphatic carbocycles. The SMILES string of the molecule is COc1ccc(C(=O)N2CCN(C(=O)c3sccc3C)CC2)cc1. The summed E-state index contributed by atoms with van der Waals surface area (Å²) in [7, 11) is 1.60. The van der Waals surface area contributed by atoms with Gasteiger partial charge in [-0.25, -0.2) is 0 Å². The van der Waals surface area contributed by atoms with Gasteiger partial charge in [0.1, 0.15) is 5.75 Å². The normalized spacial score (nSPS) is 14.6. The zero-order valence-corrected chi connectivity index (χ0v) is 14.6. The molecule has 6 heteroatoms. The molecule has 24 heavy (non-hydrogen) atoms. The van der Waals surface area contributed by atoms with Gasteiger partial charge in [-0.1, -0.05) is 0 Å². The van der Waals surface area contributed by atoms with Crippen molar-refractivity contribution >= 4 is 23.2 Å². The first kappa shape index (κ1) is 16.5. The zero-order chi connectivity index (χ0) is 17.1. The average molecular weight is 344 g/mol. The van der Waals surface area contributed by atoms with E-state index < -0.39 is 0 Å². The van der Waals surface area contributed by atoms with Crippen molar-refractivity contribution in [3.63, 3.8) is 0 Å². The number of carbonyl (C=O) groups excluding carboxylic acids is 2. The first-order chi connectivity index (χ1) is 11.6. The Balaban J connectivity index is 1.61. The molecule has 2 heterocycles. The summed E-state index contributed by atoms with van der Waals surface area (Å²) in [5.41, 5.74) is 1.66. The van der Waals surface area contributed by atoms with Gasteiger partial charge >= 0.3 is 0 Å². The predicted octanol–water partition coefficient (Wildman–Crippen LogP) is 2.66. The monoisotopic (exact) mass is 344 g/mol. The topological polar surface area (TPSA) is 49.9 Å². The number of hydrogen-bond donors (Lipinski definition) is 0. The Morgan fingerprint density at radius 2 is 1.54 bits per heavy atom. The molecule has 0 N–H and O–H groups in total. The number of piperazine rings is 1. The third-order valence-electron chi connectivity index (χ3n) is 4.25. The zero-order valence-electron chi connectivity index (χ0n) is 13.8. The number of methoxy groups -OCH3 is 1. The minimum Gasteiger partial charge on any atom is -0.497 e. The lowest BCUT2D eigenvalue weighted by Gasteiger charge is -2.34. The Morgan fingerprint density at radius 1 is 0.958 bits per heavy atom. The van der Waals surface area contributed by atoms with Crippen molar-refractivity contribution in [1.29, 1.82) is 0 Å². The molecule has 2 amide bonds. The first-order valence-corrected chi connectivity index (χ1v) is 8.75. The number of hydrogen-bond acceptors (Lipinski definition) is 4. The summed E-state index contributed by atoms with van der Waals surface area (Å²) in [6, 6.07) is 9.07. The van der Waals surface area contributed by atoms with Gasteiger partial charge in [0.15, 0.2) is 0 Å². The van der Waals surface area contributed by atoms with Crippen molar-refractivity contribution in [3.05, 3.63) is 51.7 Å². The molecular formula is C18H20N2O3S. The standard InChI is InChI=1S/C18H20N2O3S/c1-13-7-12-24-16(13)18(22)20-10-8-19(9-11-20)17(21)14-3-5-15(23-2)6-4-14/h3-7,12H,8-11H2,1-2H3. The highest BCUT2D eigenvalue weighted by molar-refractivity contribution is 7.12. The van der Waals surface area contributed by atoms with Crippen LogP contribution < -0.4 is 4.74 Å². The van der Waals surface area contributed by atoms with Crippen LogP contribution in [-0.2, 0) is 0 Å². The summed E-state index contributed by atoms with van der Waals surface area (Å²) < 4.78 is 5.11. The van der Waals surface area contributed by atoms with Gasteiger partial charge in [-0.3, -0.25) is 9.59 Å². The average Bonchev–Trinajstić information content (AvgIpc) is 3.06. The Hall–Kier alpha value is -2.34. The van der Waals surface area contributed by atoms with Crippen LogP contribution in [0.15, 0.2) is 35.7 Å². The summed E-state index contributed by atoms with van der Waals surface area (Å²) in [6.07, 6.45) is 0. The number of nitrogens with zero attached hydrogens (tertiary/aromatic N) is 2. The smallest absolute Gasteiger partial charge is 0.264 e. The van der Waals surface area contributed by atoms with Crippen LogP contribution in [0.1, 0.15) is 25.6 Å². The van der Waals surface area contributed by atoms with Gasteiger partial charge in [0.2, 0.25) is 0 Å². The third-order valence-corrected chi connectivity index (χ3v) is 5.25. The van der Waals surface area contributed by atoms with Gasteiger partial charge in [-0.15, -0.1) is 11.3 Å². The summed E-state index contributed by atoms with van der Waals surface area (Å²) in [5.74, 6) is 0.796. The predicted molar refractivity (Wildman–Crippen MR) is 93.9 cm³/mol. The van der Waals surface area contributed by atoms with E-state index in [-0.39, 0.29) is 11.8 Å². The molecule has 5 nitrogen and oxygen atoms in total. The highest BCUT2D eigenvalue weighted by Gasteiger charge is 2.26. The Morgan fingerprint density at radius 3 is 2.04 bits per heavy atom. The Kier molecular flexibility index (Phi) is 4.85. The first-order valence-electron chi connectivity index (χ1n) is 7.87. The number of ether oxygens (including phenoxy) is 1. The number of rotatable bonds is 3. The van der Waals surface area contributed by atoms with E-state index in [0.717, 1.165) is 16.2 Å². The fourth-order valence-corrected chi connectivity index (χ4v) is 3.66. The van der Waals surface area contributed by atoms with E-state index in [2.05, 4.69) is 0 Å². The molecule has 1 aliphatic rings. The second-order valence-electron chi connectivity index (χ2n) is 5.75. The van der Waals surface area contributed by atoms with Gasteiger partial charge in [-0.05, 0) is 48.2 Å². The molecule has 0 saturated carbocycles. The van der Waals surface area contributed by atoms with Crippen molar-refractivity contribution in [1.82, 2.24) is 9.80 Å². The van der Waals surface area contributed by atoms with E-state index in [1.54, 1.807) is 36.3 Å². The molecule has 1 saturated heterocycles. The van der Waals surface area contributed by atoms with Gasteiger partial charge in [-0.2, -0.15) is 0 Å². The number of amides is 2. The van der Waals surface area contributed by atoms with E-state index in [4.69, 9.17) is 4.74 Å². The minimum absolute atomic E-state index is 0.00273. The maximum absolute atomic E-state index is 12.5. The fourth-order valence-electron chi connectivity index (χ4n) is 2.76. The van der Waals surface area contributed by atoms with Crippen LogP contribution in [0.4, 0.5) is 0 Å². The number of carbonyl (C=O) groups is 2. The lowest BCUT2D eigenvalue weighted by atomic mass is 10.1. The summed E-state index contributed by atoms with van der Waals surface area (Å²) in [5, 5.41) is 1.94. The summed E-state index contributed by atoms with van der Waals surface area (Å²) >= 11 is 1.48. The Labute approximate surface area is 145 Å². The van der Waals surface area contributed by atoms with Crippen molar-refractivity contribution in [2.45, 2.75) is 6.92 Å². The van der Waals surface area contributed by atoms with Crippen molar-refractivity contribution in [2.75, 3.05) is 33.3 Å². The molecule has 1 fully saturated rings. The molecule has 0 bridgehead atoms. The molecule has 1 aromatic heterocycles. The van der Waals surface area contributed by atoms with Gasteiger partial charge in [0.25, 0.3) is 11.8 Å². The lowest BCUT2D eigenvalue weighted by molar-refractivity contribution is 0.0537. The molecule has 126 valence electrons. The highest BCUT2D eigenvalue weighted by atomic mass is 32.1. The second-order valence-corrected chi connectivity index (χ2v) is 6.66. The molecule has 1 aromatic carbocycles. The molecule has 0 spiro atoms. The van der Waals surface area contributed by atoms with E-state index in [1.807, 2.05) is 23.3 Å². The van der Waals surface area contributed by atoms with Crippen LogP contribution in [-0.4, -0.2) is 54.9 Å². The fraction of sp³-hybridized carbons (Fsp3) is 0.333. The van der Waals surface area contributed by atoms with Crippen molar-refractivity contribution in [2.24, 2.45) is 0 Å². The third kappa shape index (κ3) is 3.28. The van der Waals surface area contributed by atoms with Crippen LogP contribution in [0.25, 0.3) is 0 Å². The van der Waals surface area contributed by atoms with E-state index in [9.17, 15) is 9.59 Å². The number of thiophene rings is 1. The molecule has 2 aromatic rings. The maximum Gasteiger partial charge on any atom is 0.264 e. The molecule has 1 aliphatic heterocycles. The number of aryl methyl sites for hydroxylation is 1. The molecular weight excluding hydrogens is 324 g/mol. The van der Waals surface area contributed by atoms with Gasteiger partial charge in [0.05, 0.1) is 12.0 Å². The Bertz CT molecular complexity index is 731. The quantitative estimate of drug-likeness (QED) is 0.860. The molecule has 3 rings (SSSR count). The van der Waals surface area contributed by atoms with Crippen LogP contribution in [0.3, 0.4) is 0 Å². The van der Waals surface area contributed by atoms with Crippen LogP contribution in [0, 0.1) is 6.92 Å². The summed E-state index contributed by atoms with van der Waals surface area (Å²) in [4.78, 5) is 29.5. The van der Waals surface area contributed by atoms with Crippen molar-refractivity contribution in [3.8, 4) is 5.75 Å². The largest absolute Gasteiger partial charge is 0.497 e. The van der Waals surface area contributed by atoms with Crippen LogP contribution >= 0.6 is 11.3 Å².